The van der Waals surface area contributed by atoms with E-state index < -0.39 is 11.7 Å². The lowest BCUT2D eigenvalue weighted by Gasteiger charge is -2.27. The zero-order valence-electron chi connectivity index (χ0n) is 15.0. The van der Waals surface area contributed by atoms with Crippen LogP contribution in [-0.4, -0.2) is 21.9 Å². The molecule has 0 aromatic heterocycles. The van der Waals surface area contributed by atoms with Gasteiger partial charge < -0.3 is 10.2 Å². The van der Waals surface area contributed by atoms with Crippen molar-refractivity contribution in [2.24, 2.45) is 11.8 Å². The van der Waals surface area contributed by atoms with Crippen molar-refractivity contribution >= 4 is 0 Å². The lowest BCUT2D eigenvalue weighted by atomic mass is 9.86. The van der Waals surface area contributed by atoms with Crippen molar-refractivity contribution in [2.45, 2.75) is 78.4 Å². The third-order valence-electron chi connectivity index (χ3n) is 4.80. The van der Waals surface area contributed by atoms with Crippen LogP contribution in [0.5, 0.6) is 0 Å². The molecule has 0 fully saturated rings. The first kappa shape index (κ1) is 19.2. The molecule has 1 rings (SSSR count). The third kappa shape index (κ3) is 6.50. The van der Waals surface area contributed by atoms with Crippen molar-refractivity contribution in [3.63, 3.8) is 0 Å². The van der Waals surface area contributed by atoms with Crippen molar-refractivity contribution in [1.82, 2.24) is 0 Å². The molecule has 0 unspecified atom stereocenters. The Morgan fingerprint density at radius 2 is 1.77 bits per heavy atom. The number of allylic oxidation sites excluding steroid dienone is 4. The minimum atomic E-state index is -1.17. The summed E-state index contributed by atoms with van der Waals surface area (Å²) in [4.78, 5) is 0. The van der Waals surface area contributed by atoms with Crippen LogP contribution < -0.4 is 0 Å². The molecule has 0 bridgehead atoms. The Morgan fingerprint density at radius 3 is 2.41 bits per heavy atom. The second-order valence-corrected chi connectivity index (χ2v) is 7.42. The van der Waals surface area contributed by atoms with Crippen molar-refractivity contribution in [1.29, 1.82) is 0 Å². The van der Waals surface area contributed by atoms with E-state index >= 15 is 0 Å². The van der Waals surface area contributed by atoms with Gasteiger partial charge >= 0.3 is 0 Å². The van der Waals surface area contributed by atoms with E-state index in [9.17, 15) is 10.2 Å². The normalized spacial score (nSPS) is 38.5. The molecule has 0 aromatic carbocycles. The SMILES string of the molecule is C/C1=C\C[C@H](O)[C@@](C)(O)/C=C/[C@H](C(C)C)CC/C(C)=C/CC1. The van der Waals surface area contributed by atoms with Crippen molar-refractivity contribution in [3.8, 4) is 0 Å². The highest BCUT2D eigenvalue weighted by Crippen LogP contribution is 2.25. The van der Waals surface area contributed by atoms with Crippen molar-refractivity contribution in [3.05, 3.63) is 35.5 Å². The number of aliphatic hydroxyl groups is 2. The number of hydrogen-bond acceptors (Lipinski definition) is 2. The van der Waals surface area contributed by atoms with Gasteiger partial charge in [0.1, 0.15) is 5.60 Å². The van der Waals surface area contributed by atoms with Gasteiger partial charge in [0.15, 0.2) is 0 Å². The average molecular weight is 306 g/mol. The summed E-state index contributed by atoms with van der Waals surface area (Å²) in [7, 11) is 0. The van der Waals surface area contributed by atoms with E-state index in [1.165, 1.54) is 11.1 Å². The topological polar surface area (TPSA) is 40.5 Å². The second kappa shape index (κ2) is 8.69. The molecule has 0 aliphatic heterocycles. The molecule has 3 atom stereocenters. The summed E-state index contributed by atoms with van der Waals surface area (Å²) in [5.41, 5.74) is 1.56. The molecule has 0 heterocycles. The summed E-state index contributed by atoms with van der Waals surface area (Å²) in [5.74, 6) is 0.967. The number of aliphatic hydroxyl groups excluding tert-OH is 1. The van der Waals surface area contributed by atoms with Crippen LogP contribution in [0, 0.1) is 11.8 Å². The van der Waals surface area contributed by atoms with Gasteiger partial charge in [0, 0.05) is 0 Å². The quantitative estimate of drug-likeness (QED) is 0.684. The molecule has 2 N–H and O–H groups in total. The van der Waals surface area contributed by atoms with Crippen LogP contribution in [0.2, 0.25) is 0 Å². The van der Waals surface area contributed by atoms with Gasteiger partial charge in [-0.05, 0) is 64.7 Å². The van der Waals surface area contributed by atoms with E-state index in [0.717, 1.165) is 25.7 Å². The van der Waals surface area contributed by atoms with E-state index in [2.05, 4.69) is 45.9 Å². The summed E-state index contributed by atoms with van der Waals surface area (Å²) in [6.45, 7) is 10.4. The van der Waals surface area contributed by atoms with Crippen molar-refractivity contribution < 1.29 is 10.2 Å². The fraction of sp³-hybridized carbons (Fsp3) is 0.700. The van der Waals surface area contributed by atoms with Gasteiger partial charge in [-0.1, -0.05) is 49.3 Å². The molecule has 0 aromatic rings. The Morgan fingerprint density at radius 1 is 1.14 bits per heavy atom. The molecule has 2 nitrogen and oxygen atoms in total. The van der Waals surface area contributed by atoms with E-state index in [1.807, 2.05) is 0 Å². The zero-order chi connectivity index (χ0) is 16.8. The molecule has 126 valence electrons. The molecule has 0 saturated heterocycles. The molecule has 22 heavy (non-hydrogen) atoms. The van der Waals surface area contributed by atoms with Gasteiger partial charge in [-0.25, -0.2) is 0 Å². The lowest BCUT2D eigenvalue weighted by Crippen LogP contribution is -2.37. The van der Waals surface area contributed by atoms with Crippen LogP contribution in [0.1, 0.15) is 66.7 Å². The number of hydrogen-bond donors (Lipinski definition) is 2. The van der Waals surface area contributed by atoms with Gasteiger partial charge in [-0.15, -0.1) is 0 Å². The van der Waals surface area contributed by atoms with Crippen molar-refractivity contribution in [2.75, 3.05) is 0 Å². The molecule has 0 amide bonds. The van der Waals surface area contributed by atoms with Crippen LogP contribution >= 0.6 is 0 Å². The molecular weight excluding hydrogens is 272 g/mol. The Bertz CT molecular complexity index is 427. The van der Waals surface area contributed by atoms with Gasteiger partial charge in [0.05, 0.1) is 6.10 Å². The predicted molar refractivity (Wildman–Crippen MR) is 94.7 cm³/mol. The fourth-order valence-corrected chi connectivity index (χ4v) is 2.78. The molecule has 1 aliphatic carbocycles. The lowest BCUT2D eigenvalue weighted by molar-refractivity contribution is -0.0244. The molecular formula is C20H34O2. The minimum absolute atomic E-state index is 0.433. The highest BCUT2D eigenvalue weighted by Gasteiger charge is 2.27. The first-order valence-electron chi connectivity index (χ1n) is 8.63. The summed E-state index contributed by atoms with van der Waals surface area (Å²) < 4.78 is 0. The summed E-state index contributed by atoms with van der Waals surface area (Å²) >= 11 is 0. The molecule has 2 heteroatoms. The van der Waals surface area contributed by atoms with Gasteiger partial charge in [0.25, 0.3) is 0 Å². The summed E-state index contributed by atoms with van der Waals surface area (Å²) in [6.07, 6.45) is 12.3. The smallest absolute Gasteiger partial charge is 0.106 e. The maximum atomic E-state index is 10.5. The maximum absolute atomic E-state index is 10.5. The van der Waals surface area contributed by atoms with Crippen LogP contribution in [0.25, 0.3) is 0 Å². The molecule has 0 radical (unpaired) electrons. The first-order valence-corrected chi connectivity index (χ1v) is 8.63. The largest absolute Gasteiger partial charge is 0.389 e. The van der Waals surface area contributed by atoms with E-state index in [-0.39, 0.29) is 0 Å². The van der Waals surface area contributed by atoms with Crippen LogP contribution in [-0.2, 0) is 0 Å². The highest BCUT2D eigenvalue weighted by molar-refractivity contribution is 5.10. The summed E-state index contributed by atoms with van der Waals surface area (Å²) in [6, 6.07) is 0. The first-order chi connectivity index (χ1) is 10.2. The minimum Gasteiger partial charge on any atom is -0.389 e. The Balaban J connectivity index is 2.98. The van der Waals surface area contributed by atoms with Crippen LogP contribution in [0.3, 0.4) is 0 Å². The molecule has 0 saturated carbocycles. The van der Waals surface area contributed by atoms with Gasteiger partial charge in [-0.3, -0.25) is 0 Å². The zero-order valence-corrected chi connectivity index (χ0v) is 15.0. The molecule has 0 spiro atoms. The predicted octanol–water partition coefficient (Wildman–Crippen LogP) is 4.78. The Kier molecular flexibility index (Phi) is 7.58. The Labute approximate surface area is 136 Å². The van der Waals surface area contributed by atoms with Crippen LogP contribution in [0.15, 0.2) is 35.5 Å². The van der Waals surface area contributed by atoms with Gasteiger partial charge in [-0.2, -0.15) is 0 Å². The monoisotopic (exact) mass is 306 g/mol. The average Bonchev–Trinajstić information content (AvgIpc) is 2.43. The standard InChI is InChI=1S/C20H34O2/c1-15(2)18-11-9-16(3)7-6-8-17(4)10-12-19(21)20(5,22)14-13-18/h7,10,13-15,18-19,21-22H,6,8-9,11-12H2,1-5H3/b14-13+,16-7+,17-10+/t18-,19+,20+/m1/s1. The van der Waals surface area contributed by atoms with Crippen LogP contribution in [0.4, 0.5) is 0 Å². The van der Waals surface area contributed by atoms with Gasteiger partial charge in [0.2, 0.25) is 0 Å². The third-order valence-corrected chi connectivity index (χ3v) is 4.80. The fourth-order valence-electron chi connectivity index (χ4n) is 2.78. The van der Waals surface area contributed by atoms with E-state index in [0.29, 0.717) is 18.3 Å². The van der Waals surface area contributed by atoms with E-state index in [1.54, 1.807) is 13.0 Å². The number of rotatable bonds is 1. The summed E-state index contributed by atoms with van der Waals surface area (Å²) in [5, 5.41) is 20.8. The maximum Gasteiger partial charge on any atom is 0.106 e. The Hall–Kier alpha value is -0.860. The highest BCUT2D eigenvalue weighted by atomic mass is 16.3. The second-order valence-electron chi connectivity index (χ2n) is 7.42. The molecule has 1 aliphatic rings. The van der Waals surface area contributed by atoms with E-state index in [4.69, 9.17) is 0 Å².